The molecular formula is C18H11F5N2O3S. The van der Waals surface area contributed by atoms with Gasteiger partial charge in [0, 0.05) is 0 Å². The second-order valence-corrected chi connectivity index (χ2v) is 6.72. The number of nitrogens with zero attached hydrogens (tertiary/aromatic N) is 1. The van der Waals surface area contributed by atoms with Gasteiger partial charge in [-0.25, -0.2) is 31.7 Å². The maximum Gasteiger partial charge on any atom is 0.348 e. The highest BCUT2D eigenvalue weighted by molar-refractivity contribution is 7.20. The van der Waals surface area contributed by atoms with Gasteiger partial charge >= 0.3 is 5.97 Å². The highest BCUT2D eigenvalue weighted by Crippen LogP contribution is 2.28. The first kappa shape index (κ1) is 20.6. The van der Waals surface area contributed by atoms with Gasteiger partial charge in [0.2, 0.25) is 5.82 Å². The minimum absolute atomic E-state index is 0.131. The number of carbonyl (C=O) groups excluding carboxylic acids is 1. The third-order valence-electron chi connectivity index (χ3n) is 3.93. The van der Waals surface area contributed by atoms with Crippen molar-refractivity contribution >= 4 is 39.7 Å². The average molecular weight is 430 g/mol. The zero-order valence-electron chi connectivity index (χ0n) is 14.8. The predicted octanol–water partition coefficient (Wildman–Crippen LogP) is 4.34. The van der Waals surface area contributed by atoms with E-state index in [1.54, 1.807) is 6.92 Å². The Bertz CT molecular complexity index is 1200. The Labute approximate surface area is 163 Å². The van der Waals surface area contributed by atoms with E-state index in [9.17, 15) is 31.5 Å². The van der Waals surface area contributed by atoms with Gasteiger partial charge in [-0.05, 0) is 31.6 Å². The number of fused-ring (bicyclic) bond motifs is 1. The number of aromatic nitrogens is 2. The van der Waals surface area contributed by atoms with E-state index in [0.717, 1.165) is 17.4 Å². The molecule has 5 nitrogen and oxygen atoms in total. The lowest BCUT2D eigenvalue weighted by Gasteiger charge is -2.04. The largest absolute Gasteiger partial charge is 0.462 e. The maximum atomic E-state index is 13.7. The fourth-order valence-corrected chi connectivity index (χ4v) is 3.64. The van der Waals surface area contributed by atoms with Crippen LogP contribution in [0.15, 0.2) is 4.79 Å². The Morgan fingerprint density at radius 1 is 1.07 bits per heavy atom. The van der Waals surface area contributed by atoms with E-state index in [1.165, 1.54) is 6.92 Å². The standard InChI is InChI=1S/C18H11F5N2O3S/c1-3-28-18(27)15-6(2)9-16(26)24-8(25-17(9)29-15)5-4-7-10(19)12(21)14(23)13(22)11(7)20/h4-5H,3H2,1-2H3,(H,24,25,26). The van der Waals surface area contributed by atoms with Crippen LogP contribution in [0.4, 0.5) is 22.0 Å². The monoisotopic (exact) mass is 430 g/mol. The topological polar surface area (TPSA) is 72.0 Å². The van der Waals surface area contributed by atoms with E-state index in [2.05, 4.69) is 9.97 Å². The smallest absolute Gasteiger partial charge is 0.348 e. The number of hydrogen-bond acceptors (Lipinski definition) is 5. The molecule has 1 aromatic carbocycles. The van der Waals surface area contributed by atoms with Crippen LogP contribution in [0.25, 0.3) is 22.4 Å². The molecule has 0 atom stereocenters. The number of H-pyrrole nitrogens is 1. The number of halogens is 5. The Morgan fingerprint density at radius 3 is 2.24 bits per heavy atom. The lowest BCUT2D eigenvalue weighted by Crippen LogP contribution is -2.10. The molecular weight excluding hydrogens is 419 g/mol. The second kappa shape index (κ2) is 7.74. The van der Waals surface area contributed by atoms with E-state index >= 15 is 0 Å². The highest BCUT2D eigenvalue weighted by atomic mass is 32.1. The number of nitrogens with one attached hydrogen (secondary N) is 1. The molecule has 2 heterocycles. The molecule has 3 aromatic rings. The first-order valence-corrected chi connectivity index (χ1v) is 8.89. The molecule has 0 amide bonds. The number of esters is 1. The van der Waals surface area contributed by atoms with Gasteiger partial charge in [-0.15, -0.1) is 11.3 Å². The summed E-state index contributed by atoms with van der Waals surface area (Å²) in [5.41, 5.74) is -1.47. The fraction of sp³-hybridized carbons (Fsp3) is 0.167. The lowest BCUT2D eigenvalue weighted by atomic mass is 10.1. The van der Waals surface area contributed by atoms with Gasteiger partial charge in [0.15, 0.2) is 23.3 Å². The molecule has 0 saturated carbocycles. The number of aryl methyl sites for hydroxylation is 1. The molecule has 1 N–H and O–H groups in total. The van der Waals surface area contributed by atoms with Gasteiger partial charge in [0.1, 0.15) is 15.5 Å². The first-order chi connectivity index (χ1) is 13.7. The molecule has 2 aromatic heterocycles. The zero-order valence-corrected chi connectivity index (χ0v) is 15.6. The Morgan fingerprint density at radius 2 is 1.66 bits per heavy atom. The first-order valence-electron chi connectivity index (χ1n) is 8.07. The Balaban J connectivity index is 2.09. The molecule has 3 rings (SSSR count). The molecule has 0 saturated heterocycles. The van der Waals surface area contributed by atoms with Crippen molar-refractivity contribution in [2.75, 3.05) is 6.61 Å². The van der Waals surface area contributed by atoms with E-state index in [0.29, 0.717) is 11.6 Å². The van der Waals surface area contributed by atoms with Gasteiger partial charge in [-0.1, -0.05) is 0 Å². The number of hydrogen-bond donors (Lipinski definition) is 1. The van der Waals surface area contributed by atoms with Crippen molar-refractivity contribution in [2.45, 2.75) is 13.8 Å². The van der Waals surface area contributed by atoms with Crippen molar-refractivity contribution in [3.05, 3.63) is 61.3 Å². The maximum absolute atomic E-state index is 13.7. The van der Waals surface area contributed by atoms with Crippen molar-refractivity contribution in [3.8, 4) is 0 Å². The van der Waals surface area contributed by atoms with Crippen LogP contribution in [-0.2, 0) is 4.74 Å². The normalized spacial score (nSPS) is 11.6. The molecule has 0 unspecified atom stereocenters. The van der Waals surface area contributed by atoms with Crippen molar-refractivity contribution < 1.29 is 31.5 Å². The molecule has 29 heavy (non-hydrogen) atoms. The molecule has 0 fully saturated rings. The fourth-order valence-electron chi connectivity index (χ4n) is 2.56. The van der Waals surface area contributed by atoms with Gasteiger partial charge in [-0.3, -0.25) is 4.79 Å². The average Bonchev–Trinajstić information content (AvgIpc) is 3.02. The van der Waals surface area contributed by atoms with Crippen LogP contribution in [0.2, 0.25) is 0 Å². The summed E-state index contributed by atoms with van der Waals surface area (Å²) >= 11 is 0.878. The van der Waals surface area contributed by atoms with Crippen LogP contribution in [0.3, 0.4) is 0 Å². The number of ether oxygens (including phenoxy) is 1. The number of carbonyl (C=O) groups is 1. The minimum atomic E-state index is -2.27. The van der Waals surface area contributed by atoms with Crippen molar-refractivity contribution in [3.63, 3.8) is 0 Å². The summed E-state index contributed by atoms with van der Waals surface area (Å²) in [7, 11) is 0. The van der Waals surface area contributed by atoms with Crippen LogP contribution >= 0.6 is 11.3 Å². The van der Waals surface area contributed by atoms with Gasteiger partial charge in [0.25, 0.3) is 5.56 Å². The number of aromatic amines is 1. The third kappa shape index (κ3) is 3.53. The highest BCUT2D eigenvalue weighted by Gasteiger charge is 2.24. The summed E-state index contributed by atoms with van der Waals surface area (Å²) in [6.45, 7) is 3.28. The molecule has 11 heteroatoms. The number of rotatable bonds is 4. The molecule has 0 bridgehead atoms. The summed E-state index contributed by atoms with van der Waals surface area (Å²) in [5, 5.41) is 0.131. The van der Waals surface area contributed by atoms with Crippen LogP contribution < -0.4 is 5.56 Å². The molecule has 0 radical (unpaired) electrons. The zero-order chi connectivity index (χ0) is 21.5. The van der Waals surface area contributed by atoms with E-state index < -0.39 is 46.2 Å². The van der Waals surface area contributed by atoms with Gasteiger partial charge in [0.05, 0.1) is 17.6 Å². The predicted molar refractivity (Wildman–Crippen MR) is 96.1 cm³/mol. The molecule has 0 aliphatic carbocycles. The van der Waals surface area contributed by atoms with Crippen molar-refractivity contribution in [2.24, 2.45) is 0 Å². The van der Waals surface area contributed by atoms with E-state index in [-0.39, 0.29) is 27.5 Å². The molecule has 0 aliphatic heterocycles. The Kier molecular flexibility index (Phi) is 5.51. The van der Waals surface area contributed by atoms with E-state index in [4.69, 9.17) is 4.74 Å². The van der Waals surface area contributed by atoms with Crippen LogP contribution in [0.1, 0.15) is 33.5 Å². The third-order valence-corrected chi connectivity index (χ3v) is 5.10. The molecule has 0 spiro atoms. The lowest BCUT2D eigenvalue weighted by molar-refractivity contribution is 0.0531. The van der Waals surface area contributed by atoms with Crippen LogP contribution in [0, 0.1) is 36.0 Å². The minimum Gasteiger partial charge on any atom is -0.462 e. The summed E-state index contributed by atoms with van der Waals surface area (Å²) in [5.74, 6) is -11.3. The number of thiophene rings is 1. The quantitative estimate of drug-likeness (QED) is 0.289. The number of benzene rings is 1. The van der Waals surface area contributed by atoms with Crippen molar-refractivity contribution in [1.82, 2.24) is 9.97 Å². The van der Waals surface area contributed by atoms with Crippen LogP contribution in [0.5, 0.6) is 0 Å². The SMILES string of the molecule is CCOC(=O)c1sc2nc(C=Cc3c(F)c(F)c(F)c(F)c3F)[nH]c(=O)c2c1C. The summed E-state index contributed by atoms with van der Waals surface area (Å²) in [6, 6.07) is 0. The van der Waals surface area contributed by atoms with E-state index in [1.807, 2.05) is 0 Å². The Hall–Kier alpha value is -3.08. The van der Waals surface area contributed by atoms with Gasteiger partial charge < -0.3 is 9.72 Å². The summed E-state index contributed by atoms with van der Waals surface area (Å²) < 4.78 is 72.0. The van der Waals surface area contributed by atoms with Crippen molar-refractivity contribution in [1.29, 1.82) is 0 Å². The molecule has 0 aliphatic rings. The van der Waals surface area contributed by atoms with Gasteiger partial charge in [-0.2, -0.15) is 0 Å². The molecule has 152 valence electrons. The second-order valence-electron chi connectivity index (χ2n) is 5.72. The van der Waals surface area contributed by atoms with Crippen LogP contribution in [-0.4, -0.2) is 22.5 Å². The summed E-state index contributed by atoms with van der Waals surface area (Å²) in [4.78, 5) is 31.0. The summed E-state index contributed by atoms with van der Waals surface area (Å²) in [6.07, 6.45) is 1.49.